The summed E-state index contributed by atoms with van der Waals surface area (Å²) in [6, 6.07) is 11.5. The van der Waals surface area contributed by atoms with E-state index in [1.165, 1.54) is 38.5 Å². The van der Waals surface area contributed by atoms with Crippen LogP contribution in [-0.2, 0) is 0 Å². The zero-order valence-electron chi connectivity index (χ0n) is 13.0. The first-order valence-corrected chi connectivity index (χ1v) is 7.53. The topological polar surface area (TPSA) is 15.8 Å². The van der Waals surface area contributed by atoms with Crippen LogP contribution in [0.25, 0.3) is 21.8 Å². The molecule has 0 spiro atoms. The lowest BCUT2D eigenvalue weighted by molar-refractivity contribution is 0.867. The minimum Gasteiger partial charge on any atom is -0.354 e. The van der Waals surface area contributed by atoms with E-state index >= 15 is 0 Å². The van der Waals surface area contributed by atoms with Crippen molar-refractivity contribution >= 4 is 21.8 Å². The third-order valence-electron chi connectivity index (χ3n) is 4.27. The molecule has 0 aliphatic heterocycles. The average molecular weight is 265 g/mol. The molecule has 1 aromatic heterocycles. The molecule has 1 nitrogen and oxygen atoms in total. The second kappa shape index (κ2) is 4.66. The third kappa shape index (κ3) is 2.02. The fourth-order valence-corrected chi connectivity index (χ4v) is 2.99. The van der Waals surface area contributed by atoms with Gasteiger partial charge in [0.05, 0.1) is 0 Å². The summed E-state index contributed by atoms with van der Waals surface area (Å²) in [4.78, 5) is 3.61. The number of hydrogen-bond acceptors (Lipinski definition) is 0. The van der Waals surface area contributed by atoms with Gasteiger partial charge in [-0.2, -0.15) is 0 Å². The summed E-state index contributed by atoms with van der Waals surface area (Å²) >= 11 is 0. The van der Waals surface area contributed by atoms with Gasteiger partial charge in [-0.05, 0) is 47.6 Å². The Morgan fingerprint density at radius 2 is 1.45 bits per heavy atom. The van der Waals surface area contributed by atoms with Gasteiger partial charge in [0.25, 0.3) is 0 Å². The molecule has 0 atom stereocenters. The number of hydrogen-bond donors (Lipinski definition) is 1. The van der Waals surface area contributed by atoms with Crippen LogP contribution >= 0.6 is 0 Å². The maximum absolute atomic E-state index is 3.61. The highest BCUT2D eigenvalue weighted by Gasteiger charge is 2.11. The standard InChI is InChI=1S/C19H23N/c1-11(2)14-6-7-16-17(9-14)20-18-10-15(12(3)4)8-13(5)19(16)18/h6-12,20H,1-5H3. The van der Waals surface area contributed by atoms with Crippen LogP contribution in [-0.4, -0.2) is 4.98 Å². The number of benzene rings is 2. The summed E-state index contributed by atoms with van der Waals surface area (Å²) in [5.41, 5.74) is 6.70. The molecule has 2 aromatic carbocycles. The highest BCUT2D eigenvalue weighted by Crippen LogP contribution is 2.32. The Bertz CT molecular complexity index is 775. The fraction of sp³-hybridized carbons (Fsp3) is 0.368. The maximum atomic E-state index is 3.61. The zero-order chi connectivity index (χ0) is 14.4. The lowest BCUT2D eigenvalue weighted by Crippen LogP contribution is -1.88. The van der Waals surface area contributed by atoms with Gasteiger partial charge < -0.3 is 4.98 Å². The molecule has 0 bridgehead atoms. The van der Waals surface area contributed by atoms with Crippen molar-refractivity contribution in [3.05, 3.63) is 47.0 Å². The molecule has 20 heavy (non-hydrogen) atoms. The van der Waals surface area contributed by atoms with Crippen LogP contribution in [0.1, 0.15) is 56.2 Å². The van der Waals surface area contributed by atoms with E-state index in [0.29, 0.717) is 11.8 Å². The predicted octanol–water partition coefficient (Wildman–Crippen LogP) is 5.88. The van der Waals surface area contributed by atoms with Crippen LogP contribution in [0.4, 0.5) is 0 Å². The lowest BCUT2D eigenvalue weighted by Gasteiger charge is -2.08. The number of nitrogens with one attached hydrogen (secondary N) is 1. The van der Waals surface area contributed by atoms with Crippen LogP contribution < -0.4 is 0 Å². The predicted molar refractivity (Wildman–Crippen MR) is 88.7 cm³/mol. The molecule has 0 aliphatic rings. The van der Waals surface area contributed by atoms with Gasteiger partial charge in [-0.3, -0.25) is 0 Å². The Hall–Kier alpha value is -1.76. The minimum absolute atomic E-state index is 0.565. The summed E-state index contributed by atoms with van der Waals surface area (Å²) in [5, 5.41) is 2.72. The minimum atomic E-state index is 0.565. The van der Waals surface area contributed by atoms with Gasteiger partial charge in [-0.1, -0.05) is 45.9 Å². The van der Waals surface area contributed by atoms with Crippen LogP contribution in [0, 0.1) is 6.92 Å². The monoisotopic (exact) mass is 265 g/mol. The maximum Gasteiger partial charge on any atom is 0.0470 e. The Labute approximate surface area is 121 Å². The number of aromatic nitrogens is 1. The number of fused-ring (bicyclic) bond motifs is 3. The molecule has 1 N–H and O–H groups in total. The molecule has 0 aliphatic carbocycles. The van der Waals surface area contributed by atoms with Crippen molar-refractivity contribution in [2.75, 3.05) is 0 Å². The van der Waals surface area contributed by atoms with E-state index in [0.717, 1.165) is 0 Å². The van der Waals surface area contributed by atoms with E-state index in [4.69, 9.17) is 0 Å². The van der Waals surface area contributed by atoms with Crippen LogP contribution in [0.5, 0.6) is 0 Å². The molecule has 104 valence electrons. The molecule has 0 saturated heterocycles. The first-order valence-electron chi connectivity index (χ1n) is 7.53. The van der Waals surface area contributed by atoms with E-state index in [-0.39, 0.29) is 0 Å². The van der Waals surface area contributed by atoms with Crippen LogP contribution in [0.15, 0.2) is 30.3 Å². The van der Waals surface area contributed by atoms with Crippen molar-refractivity contribution in [2.45, 2.75) is 46.5 Å². The molecular formula is C19H23N. The summed E-state index contributed by atoms with van der Waals surface area (Å²) < 4.78 is 0. The van der Waals surface area contributed by atoms with Gasteiger partial charge in [0.15, 0.2) is 0 Å². The molecule has 0 fully saturated rings. The summed E-state index contributed by atoms with van der Waals surface area (Å²) in [5.74, 6) is 1.13. The van der Waals surface area contributed by atoms with Crippen molar-refractivity contribution in [2.24, 2.45) is 0 Å². The molecule has 0 amide bonds. The molecule has 0 saturated carbocycles. The molecule has 3 rings (SSSR count). The van der Waals surface area contributed by atoms with Crippen molar-refractivity contribution < 1.29 is 0 Å². The first-order chi connectivity index (χ1) is 9.47. The Kier molecular flexibility index (Phi) is 3.08. The molecular weight excluding hydrogens is 242 g/mol. The third-order valence-corrected chi connectivity index (χ3v) is 4.27. The zero-order valence-corrected chi connectivity index (χ0v) is 13.0. The van der Waals surface area contributed by atoms with E-state index < -0.39 is 0 Å². The first kappa shape index (κ1) is 13.2. The molecule has 0 unspecified atom stereocenters. The number of aromatic amines is 1. The number of aryl methyl sites for hydroxylation is 1. The summed E-state index contributed by atoms with van der Waals surface area (Å²) in [7, 11) is 0. The lowest BCUT2D eigenvalue weighted by atomic mass is 9.97. The van der Waals surface area contributed by atoms with Crippen molar-refractivity contribution in [3.8, 4) is 0 Å². The van der Waals surface area contributed by atoms with E-state index in [1.807, 2.05) is 0 Å². The van der Waals surface area contributed by atoms with E-state index in [1.54, 1.807) is 0 Å². The molecule has 1 heterocycles. The Morgan fingerprint density at radius 1 is 0.800 bits per heavy atom. The second-order valence-electron chi connectivity index (χ2n) is 6.50. The number of rotatable bonds is 2. The Morgan fingerprint density at radius 3 is 2.10 bits per heavy atom. The van der Waals surface area contributed by atoms with Crippen LogP contribution in [0.3, 0.4) is 0 Å². The quantitative estimate of drug-likeness (QED) is 0.596. The molecule has 0 radical (unpaired) electrons. The number of H-pyrrole nitrogens is 1. The van der Waals surface area contributed by atoms with Crippen molar-refractivity contribution in [1.82, 2.24) is 4.98 Å². The average Bonchev–Trinajstić information content (AvgIpc) is 2.75. The van der Waals surface area contributed by atoms with Gasteiger partial charge >= 0.3 is 0 Å². The van der Waals surface area contributed by atoms with Crippen molar-refractivity contribution in [1.29, 1.82) is 0 Å². The fourth-order valence-electron chi connectivity index (χ4n) is 2.99. The molecule has 3 aromatic rings. The summed E-state index contributed by atoms with van der Waals surface area (Å²) in [6.45, 7) is 11.2. The van der Waals surface area contributed by atoms with E-state index in [9.17, 15) is 0 Å². The second-order valence-corrected chi connectivity index (χ2v) is 6.50. The van der Waals surface area contributed by atoms with Crippen LogP contribution in [0.2, 0.25) is 0 Å². The van der Waals surface area contributed by atoms with Gasteiger partial charge in [0.2, 0.25) is 0 Å². The normalized spacial score (nSPS) is 12.2. The molecule has 1 heteroatoms. The van der Waals surface area contributed by atoms with Gasteiger partial charge in [-0.15, -0.1) is 0 Å². The van der Waals surface area contributed by atoms with E-state index in [2.05, 4.69) is 69.9 Å². The highest BCUT2D eigenvalue weighted by molar-refractivity contribution is 6.09. The highest BCUT2D eigenvalue weighted by atomic mass is 14.7. The van der Waals surface area contributed by atoms with Gasteiger partial charge in [-0.25, -0.2) is 0 Å². The largest absolute Gasteiger partial charge is 0.354 e. The van der Waals surface area contributed by atoms with Gasteiger partial charge in [0, 0.05) is 21.8 Å². The van der Waals surface area contributed by atoms with Crippen molar-refractivity contribution in [3.63, 3.8) is 0 Å². The Balaban J connectivity index is 2.32. The summed E-state index contributed by atoms with van der Waals surface area (Å²) in [6.07, 6.45) is 0. The SMILES string of the molecule is Cc1cc(C(C)C)cc2[nH]c3cc(C(C)C)ccc3c12. The smallest absolute Gasteiger partial charge is 0.0470 e. The van der Waals surface area contributed by atoms with Gasteiger partial charge in [0.1, 0.15) is 0 Å².